The number of hydrazone groups is 1. The summed E-state index contributed by atoms with van der Waals surface area (Å²) >= 11 is 6.00. The third-order valence-electron chi connectivity index (χ3n) is 5.26. The van der Waals surface area contributed by atoms with Gasteiger partial charge in [-0.15, -0.1) is 0 Å². The number of para-hydroxylation sites is 2. The van der Waals surface area contributed by atoms with Crippen LogP contribution >= 0.6 is 11.6 Å². The molecule has 1 aliphatic rings. The summed E-state index contributed by atoms with van der Waals surface area (Å²) in [5, 5.41) is 6.63. The number of halogens is 1. The average Bonchev–Trinajstić information content (AvgIpc) is 3.46. The van der Waals surface area contributed by atoms with Crippen molar-refractivity contribution in [2.75, 3.05) is 0 Å². The molecule has 1 aliphatic heterocycles. The summed E-state index contributed by atoms with van der Waals surface area (Å²) in [6.07, 6.45) is 3.29. The minimum atomic E-state index is -0.392. The van der Waals surface area contributed by atoms with Gasteiger partial charge < -0.3 is 4.42 Å². The molecule has 5 rings (SSSR count). The topological polar surface area (TPSA) is 80.7 Å². The lowest BCUT2D eigenvalue weighted by molar-refractivity contribution is -0.134. The largest absolute Gasteiger partial charge is 0.467 e. The van der Waals surface area contributed by atoms with Gasteiger partial charge in [-0.2, -0.15) is 5.10 Å². The lowest BCUT2D eigenvalue weighted by Gasteiger charge is -2.20. The molecule has 0 N–H and O–H groups in total. The fourth-order valence-corrected chi connectivity index (χ4v) is 3.87. The molecule has 1 atom stereocenters. The standard InChI is InChI=1S/C23H17ClN4O3/c24-16-9-7-15(8-10-16)18-12-20(21-6-3-11-31-21)28(26-18)23(30)14-27-19-5-2-1-4-17(19)25-13-22(27)29/h1-11,13,20H,12,14H2/t20-/m1/s1. The fourth-order valence-electron chi connectivity index (χ4n) is 3.75. The van der Waals surface area contributed by atoms with Crippen LogP contribution in [0.4, 0.5) is 0 Å². The van der Waals surface area contributed by atoms with Crippen molar-refractivity contribution in [2.45, 2.75) is 19.0 Å². The Morgan fingerprint density at radius 2 is 1.90 bits per heavy atom. The smallest absolute Gasteiger partial charge is 0.269 e. The zero-order chi connectivity index (χ0) is 21.4. The Bertz CT molecular complexity index is 1340. The van der Waals surface area contributed by atoms with Crippen LogP contribution < -0.4 is 5.56 Å². The Balaban J connectivity index is 1.51. The summed E-state index contributed by atoms with van der Waals surface area (Å²) in [4.78, 5) is 29.9. The molecule has 0 spiro atoms. The van der Waals surface area contributed by atoms with Crippen LogP contribution in [0, 0.1) is 0 Å². The second-order valence-corrected chi connectivity index (χ2v) is 7.63. The molecule has 1 amide bonds. The van der Waals surface area contributed by atoms with Crippen molar-refractivity contribution in [3.63, 3.8) is 0 Å². The molecule has 0 aliphatic carbocycles. The van der Waals surface area contributed by atoms with Crippen molar-refractivity contribution in [3.8, 4) is 0 Å². The molecule has 8 heteroatoms. The Hall–Kier alpha value is -3.71. The fraction of sp³-hybridized carbons (Fsp3) is 0.130. The molecule has 31 heavy (non-hydrogen) atoms. The van der Waals surface area contributed by atoms with Crippen molar-refractivity contribution in [1.82, 2.24) is 14.6 Å². The van der Waals surface area contributed by atoms with Gasteiger partial charge in [0.2, 0.25) is 0 Å². The van der Waals surface area contributed by atoms with Crippen molar-refractivity contribution in [2.24, 2.45) is 5.10 Å². The van der Waals surface area contributed by atoms with Crippen molar-refractivity contribution < 1.29 is 9.21 Å². The molecule has 0 saturated heterocycles. The van der Waals surface area contributed by atoms with Crippen LogP contribution in [0.5, 0.6) is 0 Å². The number of furan rings is 1. The average molecular weight is 433 g/mol. The highest BCUT2D eigenvalue weighted by molar-refractivity contribution is 6.30. The maximum atomic E-state index is 13.3. The van der Waals surface area contributed by atoms with Crippen LogP contribution in [0.1, 0.15) is 23.8 Å². The lowest BCUT2D eigenvalue weighted by atomic mass is 10.0. The van der Waals surface area contributed by atoms with E-state index in [0.717, 1.165) is 11.3 Å². The number of nitrogens with zero attached hydrogens (tertiary/aromatic N) is 4. The zero-order valence-corrected chi connectivity index (χ0v) is 17.1. The summed E-state index contributed by atoms with van der Waals surface area (Å²) < 4.78 is 6.99. The minimum absolute atomic E-state index is 0.156. The molecule has 7 nitrogen and oxygen atoms in total. The van der Waals surface area contributed by atoms with E-state index >= 15 is 0 Å². The molecule has 2 aromatic carbocycles. The lowest BCUT2D eigenvalue weighted by Crippen LogP contribution is -2.34. The van der Waals surface area contributed by atoms with E-state index in [1.165, 1.54) is 15.8 Å². The number of hydrogen-bond donors (Lipinski definition) is 0. The van der Waals surface area contributed by atoms with Gasteiger partial charge in [0.1, 0.15) is 18.3 Å². The van der Waals surface area contributed by atoms with Gasteiger partial charge in [-0.3, -0.25) is 14.2 Å². The number of amides is 1. The SMILES string of the molecule is O=C(Cn1c(=O)cnc2ccccc21)N1N=C(c2ccc(Cl)cc2)C[C@@H]1c1ccco1. The first-order valence-corrected chi connectivity index (χ1v) is 10.1. The first-order chi connectivity index (χ1) is 15.1. The van der Waals surface area contributed by atoms with Crippen LogP contribution in [-0.4, -0.2) is 26.2 Å². The number of benzene rings is 2. The molecule has 4 aromatic rings. The van der Waals surface area contributed by atoms with Gasteiger partial charge >= 0.3 is 0 Å². The number of fused-ring (bicyclic) bond motifs is 1. The molecular weight excluding hydrogens is 416 g/mol. The van der Waals surface area contributed by atoms with Gasteiger partial charge in [0.25, 0.3) is 11.5 Å². The highest BCUT2D eigenvalue weighted by atomic mass is 35.5. The molecule has 0 bridgehead atoms. The Kier molecular flexibility index (Phi) is 4.88. The quantitative estimate of drug-likeness (QED) is 0.487. The summed E-state index contributed by atoms with van der Waals surface area (Å²) in [6, 6.07) is 17.7. The van der Waals surface area contributed by atoms with Crippen LogP contribution in [0.15, 0.2) is 87.4 Å². The summed E-state index contributed by atoms with van der Waals surface area (Å²) in [7, 11) is 0. The van der Waals surface area contributed by atoms with Gasteiger partial charge in [0.15, 0.2) is 0 Å². The Labute approximate surface area is 182 Å². The van der Waals surface area contributed by atoms with Crippen molar-refractivity contribution in [3.05, 3.63) is 99.8 Å². The van der Waals surface area contributed by atoms with Gasteiger partial charge in [-0.1, -0.05) is 35.9 Å². The first kappa shape index (κ1) is 19.3. The third kappa shape index (κ3) is 3.64. The molecule has 2 aromatic heterocycles. The van der Waals surface area contributed by atoms with E-state index in [4.69, 9.17) is 16.0 Å². The van der Waals surface area contributed by atoms with Gasteiger partial charge in [-0.25, -0.2) is 9.99 Å². The minimum Gasteiger partial charge on any atom is -0.467 e. The predicted molar refractivity (Wildman–Crippen MR) is 117 cm³/mol. The van der Waals surface area contributed by atoms with Crippen molar-refractivity contribution >= 4 is 34.3 Å². The number of carbonyl (C=O) groups excluding carboxylic acids is 1. The predicted octanol–water partition coefficient (Wildman–Crippen LogP) is 4.02. The van der Waals surface area contributed by atoms with E-state index < -0.39 is 6.04 Å². The molecule has 0 saturated carbocycles. The van der Waals surface area contributed by atoms with E-state index in [2.05, 4.69) is 10.1 Å². The third-order valence-corrected chi connectivity index (χ3v) is 5.51. The Morgan fingerprint density at radius 1 is 1.10 bits per heavy atom. The second-order valence-electron chi connectivity index (χ2n) is 7.20. The molecule has 0 fully saturated rings. The number of aromatic nitrogens is 2. The monoisotopic (exact) mass is 432 g/mol. The first-order valence-electron chi connectivity index (χ1n) is 9.73. The van der Waals surface area contributed by atoms with Crippen LogP contribution in [0.25, 0.3) is 11.0 Å². The summed E-state index contributed by atoms with van der Waals surface area (Å²) in [5.74, 6) is 0.316. The molecule has 0 radical (unpaired) electrons. The molecule has 3 heterocycles. The van der Waals surface area contributed by atoms with Gasteiger partial charge in [0.05, 0.1) is 29.2 Å². The number of rotatable bonds is 4. The zero-order valence-electron chi connectivity index (χ0n) is 16.3. The highest BCUT2D eigenvalue weighted by Gasteiger charge is 2.35. The van der Waals surface area contributed by atoms with E-state index in [-0.39, 0.29) is 18.0 Å². The van der Waals surface area contributed by atoms with Crippen LogP contribution in [-0.2, 0) is 11.3 Å². The van der Waals surface area contributed by atoms with E-state index in [1.54, 1.807) is 36.6 Å². The van der Waals surface area contributed by atoms with Crippen LogP contribution in [0.3, 0.4) is 0 Å². The van der Waals surface area contributed by atoms with E-state index in [1.807, 2.05) is 30.3 Å². The summed E-state index contributed by atoms with van der Waals surface area (Å²) in [6.45, 7) is -0.156. The van der Waals surface area contributed by atoms with Gasteiger partial charge in [0, 0.05) is 11.4 Å². The maximum absolute atomic E-state index is 13.3. The number of carbonyl (C=O) groups is 1. The highest BCUT2D eigenvalue weighted by Crippen LogP contribution is 2.33. The Morgan fingerprint density at radius 3 is 2.68 bits per heavy atom. The van der Waals surface area contributed by atoms with E-state index in [9.17, 15) is 9.59 Å². The van der Waals surface area contributed by atoms with Crippen molar-refractivity contribution in [1.29, 1.82) is 0 Å². The number of hydrogen-bond acceptors (Lipinski definition) is 5. The molecule has 154 valence electrons. The van der Waals surface area contributed by atoms with E-state index in [0.29, 0.717) is 28.2 Å². The normalized spacial score (nSPS) is 16.0. The summed E-state index contributed by atoms with van der Waals surface area (Å²) in [5.41, 5.74) is 2.52. The van der Waals surface area contributed by atoms with Gasteiger partial charge in [-0.05, 0) is 42.0 Å². The van der Waals surface area contributed by atoms with Crippen LogP contribution in [0.2, 0.25) is 5.02 Å². The second kappa shape index (κ2) is 7.85. The molecule has 0 unspecified atom stereocenters. The maximum Gasteiger partial charge on any atom is 0.269 e. The molecular formula is C23H17ClN4O3.